The first-order chi connectivity index (χ1) is 11.2. The van der Waals surface area contributed by atoms with Crippen molar-refractivity contribution in [2.24, 2.45) is 0 Å². The molecule has 0 radical (unpaired) electrons. The van der Waals surface area contributed by atoms with E-state index in [-0.39, 0.29) is 17.7 Å². The summed E-state index contributed by atoms with van der Waals surface area (Å²) in [6.07, 6.45) is 5.30. The van der Waals surface area contributed by atoms with Gasteiger partial charge in [0.25, 0.3) is 5.91 Å². The highest BCUT2D eigenvalue weighted by molar-refractivity contribution is 6.02. The Morgan fingerprint density at radius 3 is 3.04 bits per heavy atom. The maximum Gasteiger partial charge on any atom is 0.275 e. The number of aromatic nitrogens is 2. The van der Waals surface area contributed by atoms with Crippen LogP contribution in [0.15, 0.2) is 36.7 Å². The second-order valence-electron chi connectivity index (χ2n) is 5.47. The van der Waals surface area contributed by atoms with Crippen molar-refractivity contribution in [1.29, 1.82) is 0 Å². The van der Waals surface area contributed by atoms with Crippen LogP contribution >= 0.6 is 0 Å². The van der Waals surface area contributed by atoms with Gasteiger partial charge in [0, 0.05) is 24.6 Å². The number of nitrogens with one attached hydrogen (secondary N) is 1. The van der Waals surface area contributed by atoms with Gasteiger partial charge in [0.1, 0.15) is 18.1 Å². The normalized spacial score (nSPS) is 17.0. The molecule has 1 aromatic heterocycles. The van der Waals surface area contributed by atoms with E-state index in [0.29, 0.717) is 18.0 Å². The molecule has 0 spiro atoms. The van der Waals surface area contributed by atoms with Crippen molar-refractivity contribution in [3.05, 3.63) is 48.0 Å². The number of hydrogen-bond acceptors (Lipinski definition) is 5. The smallest absolute Gasteiger partial charge is 0.275 e. The number of anilines is 1. The second-order valence-corrected chi connectivity index (χ2v) is 5.47. The molecule has 120 valence electrons. The van der Waals surface area contributed by atoms with Gasteiger partial charge in [-0.3, -0.25) is 9.78 Å². The molecule has 1 fully saturated rings. The number of nitrogens with zero attached hydrogens (tertiary/aromatic N) is 2. The van der Waals surface area contributed by atoms with E-state index >= 15 is 0 Å². The van der Waals surface area contributed by atoms with Crippen LogP contribution in [0.25, 0.3) is 0 Å². The average molecular weight is 313 g/mol. The first kappa shape index (κ1) is 15.4. The van der Waals surface area contributed by atoms with Crippen LogP contribution in [0.4, 0.5) is 5.69 Å². The van der Waals surface area contributed by atoms with Gasteiger partial charge in [0.2, 0.25) is 0 Å². The molecule has 0 aliphatic carbocycles. The van der Waals surface area contributed by atoms with Gasteiger partial charge in [-0.1, -0.05) is 6.07 Å². The molecule has 1 amide bonds. The summed E-state index contributed by atoms with van der Waals surface area (Å²) >= 11 is 0. The van der Waals surface area contributed by atoms with Crippen LogP contribution in [0.1, 0.15) is 29.0 Å². The number of rotatable bonds is 5. The van der Waals surface area contributed by atoms with Gasteiger partial charge < -0.3 is 14.8 Å². The summed E-state index contributed by atoms with van der Waals surface area (Å²) in [7, 11) is 0. The third kappa shape index (κ3) is 4.26. The molecule has 1 saturated heterocycles. The third-order valence-corrected chi connectivity index (χ3v) is 3.57. The summed E-state index contributed by atoms with van der Waals surface area (Å²) < 4.78 is 11.3. The Bertz CT molecular complexity index is 667. The first-order valence-electron chi connectivity index (χ1n) is 7.65. The Kier molecular flexibility index (Phi) is 4.83. The number of hydrogen-bond donors (Lipinski definition) is 1. The van der Waals surface area contributed by atoms with Crippen LogP contribution in [-0.4, -0.2) is 35.2 Å². The zero-order valence-electron chi connectivity index (χ0n) is 13.0. The molecule has 3 rings (SSSR count). The minimum Gasteiger partial charge on any atom is -0.491 e. The summed E-state index contributed by atoms with van der Waals surface area (Å²) in [6.45, 7) is 3.16. The number of aryl methyl sites for hydroxylation is 1. The van der Waals surface area contributed by atoms with Crippen molar-refractivity contribution in [1.82, 2.24) is 9.97 Å². The van der Waals surface area contributed by atoms with E-state index in [2.05, 4.69) is 15.3 Å². The fourth-order valence-electron chi connectivity index (χ4n) is 2.33. The molecule has 1 N–H and O–H groups in total. The molecule has 0 unspecified atom stereocenters. The first-order valence-corrected chi connectivity index (χ1v) is 7.65. The Morgan fingerprint density at radius 2 is 2.30 bits per heavy atom. The van der Waals surface area contributed by atoms with Gasteiger partial charge in [0.15, 0.2) is 0 Å². The third-order valence-electron chi connectivity index (χ3n) is 3.57. The lowest BCUT2D eigenvalue weighted by Gasteiger charge is -2.12. The summed E-state index contributed by atoms with van der Waals surface area (Å²) in [4.78, 5) is 20.3. The van der Waals surface area contributed by atoms with Crippen LogP contribution in [0.3, 0.4) is 0 Å². The zero-order chi connectivity index (χ0) is 16.1. The highest BCUT2D eigenvalue weighted by Crippen LogP contribution is 2.20. The zero-order valence-corrected chi connectivity index (χ0v) is 13.0. The van der Waals surface area contributed by atoms with Crippen LogP contribution in [0.5, 0.6) is 5.75 Å². The molecule has 0 bridgehead atoms. The fraction of sp³-hybridized carbons (Fsp3) is 0.353. The molecular weight excluding hydrogens is 294 g/mol. The van der Waals surface area contributed by atoms with Crippen LogP contribution < -0.4 is 10.1 Å². The van der Waals surface area contributed by atoms with E-state index in [1.54, 1.807) is 18.3 Å². The van der Waals surface area contributed by atoms with E-state index in [4.69, 9.17) is 9.47 Å². The molecule has 0 saturated carbocycles. The van der Waals surface area contributed by atoms with Crippen molar-refractivity contribution in [2.75, 3.05) is 18.5 Å². The maximum absolute atomic E-state index is 12.1. The van der Waals surface area contributed by atoms with E-state index in [0.717, 1.165) is 25.1 Å². The molecular formula is C17H19N3O3. The Balaban J connectivity index is 1.60. The molecule has 1 atom stereocenters. The molecule has 2 aromatic rings. The number of benzene rings is 1. The van der Waals surface area contributed by atoms with Gasteiger partial charge in [-0.05, 0) is 31.9 Å². The average Bonchev–Trinajstić information content (AvgIpc) is 3.07. The highest BCUT2D eigenvalue weighted by atomic mass is 16.5. The molecule has 6 nitrogen and oxygen atoms in total. The predicted octanol–water partition coefficient (Wildman–Crippen LogP) is 2.60. The molecule has 1 aliphatic heterocycles. The Hall–Kier alpha value is -2.47. The highest BCUT2D eigenvalue weighted by Gasteiger charge is 2.16. The SMILES string of the molecule is Cc1cnc(C(=O)Nc2cccc(OC[C@@H]3CCCO3)c2)cn1. The summed E-state index contributed by atoms with van der Waals surface area (Å²) in [6, 6.07) is 7.28. The maximum atomic E-state index is 12.1. The van der Waals surface area contributed by atoms with Crippen molar-refractivity contribution < 1.29 is 14.3 Å². The van der Waals surface area contributed by atoms with Crippen molar-refractivity contribution >= 4 is 11.6 Å². The lowest BCUT2D eigenvalue weighted by atomic mass is 10.2. The number of ether oxygens (including phenoxy) is 2. The molecule has 2 heterocycles. The lowest BCUT2D eigenvalue weighted by Crippen LogP contribution is -2.16. The van der Waals surface area contributed by atoms with Crippen molar-refractivity contribution in [3.63, 3.8) is 0 Å². The van der Waals surface area contributed by atoms with Gasteiger partial charge in [-0.2, -0.15) is 0 Å². The summed E-state index contributed by atoms with van der Waals surface area (Å²) in [5, 5.41) is 2.79. The van der Waals surface area contributed by atoms with Crippen LogP contribution in [0, 0.1) is 6.92 Å². The fourth-order valence-corrected chi connectivity index (χ4v) is 2.33. The van der Waals surface area contributed by atoms with E-state index < -0.39 is 0 Å². The molecule has 1 aromatic carbocycles. The summed E-state index contributed by atoms with van der Waals surface area (Å²) in [5.41, 5.74) is 1.70. The van der Waals surface area contributed by atoms with E-state index in [1.807, 2.05) is 19.1 Å². The molecule has 6 heteroatoms. The largest absolute Gasteiger partial charge is 0.491 e. The summed E-state index contributed by atoms with van der Waals surface area (Å²) in [5.74, 6) is 0.405. The van der Waals surface area contributed by atoms with E-state index in [1.165, 1.54) is 6.20 Å². The van der Waals surface area contributed by atoms with Gasteiger partial charge in [-0.15, -0.1) is 0 Å². The van der Waals surface area contributed by atoms with Gasteiger partial charge >= 0.3 is 0 Å². The second kappa shape index (κ2) is 7.19. The lowest BCUT2D eigenvalue weighted by molar-refractivity contribution is 0.0680. The minimum absolute atomic E-state index is 0.163. The van der Waals surface area contributed by atoms with Gasteiger partial charge in [0.05, 0.1) is 18.0 Å². The van der Waals surface area contributed by atoms with Crippen molar-refractivity contribution in [3.8, 4) is 5.75 Å². The number of carbonyl (C=O) groups excluding carboxylic acids is 1. The predicted molar refractivity (Wildman–Crippen MR) is 85.6 cm³/mol. The Labute approximate surface area is 134 Å². The van der Waals surface area contributed by atoms with Crippen LogP contribution in [-0.2, 0) is 4.74 Å². The van der Waals surface area contributed by atoms with Crippen LogP contribution in [0.2, 0.25) is 0 Å². The minimum atomic E-state index is -0.297. The molecule has 1 aliphatic rings. The van der Waals surface area contributed by atoms with Crippen molar-refractivity contribution in [2.45, 2.75) is 25.9 Å². The van der Waals surface area contributed by atoms with Gasteiger partial charge in [-0.25, -0.2) is 4.98 Å². The van der Waals surface area contributed by atoms with E-state index in [9.17, 15) is 4.79 Å². The monoisotopic (exact) mass is 313 g/mol. The number of amides is 1. The quantitative estimate of drug-likeness (QED) is 0.918. The number of carbonyl (C=O) groups is 1. The molecule has 23 heavy (non-hydrogen) atoms. The standard InChI is InChI=1S/C17H19N3O3/c1-12-9-19-16(10-18-12)17(21)20-13-4-2-5-14(8-13)23-11-15-6-3-7-22-15/h2,4-5,8-10,15H,3,6-7,11H2,1H3,(H,20,21)/t15-/m0/s1. The Morgan fingerprint density at radius 1 is 1.39 bits per heavy atom. The topological polar surface area (TPSA) is 73.3 Å².